The van der Waals surface area contributed by atoms with Crippen LogP contribution in [0.5, 0.6) is 5.75 Å². The summed E-state index contributed by atoms with van der Waals surface area (Å²) in [6.07, 6.45) is 0.361. The van der Waals surface area contributed by atoms with Gasteiger partial charge in [-0.05, 0) is 25.5 Å². The predicted molar refractivity (Wildman–Crippen MR) is 61.6 cm³/mol. The second kappa shape index (κ2) is 7.70. The Kier molecular flexibility index (Phi) is 6.03. The molecule has 0 aliphatic rings. The summed E-state index contributed by atoms with van der Waals surface area (Å²) in [5, 5.41) is 2.65. The van der Waals surface area contributed by atoms with Gasteiger partial charge in [0, 0.05) is 19.8 Å². The number of amides is 1. The molecular weight excluding hydrogens is 206 g/mol. The monoisotopic (exact) mass is 223 g/mol. The smallest absolute Gasteiger partial charge is 0.410 e. The van der Waals surface area contributed by atoms with E-state index in [1.54, 1.807) is 12.1 Å². The molecule has 1 aromatic carbocycles. The first-order valence-electron chi connectivity index (χ1n) is 5.41. The van der Waals surface area contributed by atoms with E-state index in [0.717, 1.165) is 6.42 Å². The van der Waals surface area contributed by atoms with Crippen LogP contribution in [0.4, 0.5) is 4.79 Å². The minimum absolute atomic E-state index is 0.428. The second-order valence-electron chi connectivity index (χ2n) is 3.18. The number of benzene rings is 1. The Balaban J connectivity index is 2.12. The van der Waals surface area contributed by atoms with Crippen LogP contribution in [0, 0.1) is 0 Å². The highest BCUT2D eigenvalue weighted by Crippen LogP contribution is 2.07. The molecule has 0 aliphatic carbocycles. The van der Waals surface area contributed by atoms with Gasteiger partial charge in [-0.25, -0.2) is 4.79 Å². The summed E-state index contributed by atoms with van der Waals surface area (Å²) < 4.78 is 10.2. The van der Waals surface area contributed by atoms with Gasteiger partial charge in [0.1, 0.15) is 5.75 Å². The summed E-state index contributed by atoms with van der Waals surface area (Å²) in [6, 6.07) is 8.97. The number of rotatable bonds is 6. The molecule has 0 radical (unpaired) electrons. The molecule has 0 heterocycles. The highest BCUT2D eigenvalue weighted by molar-refractivity contribution is 5.70. The predicted octanol–water partition coefficient (Wildman–Crippen LogP) is 2.20. The van der Waals surface area contributed by atoms with Gasteiger partial charge in [-0.1, -0.05) is 18.2 Å². The third-order valence-electron chi connectivity index (χ3n) is 1.89. The highest BCUT2D eigenvalue weighted by Gasteiger charge is 2.01. The molecule has 1 amide bonds. The van der Waals surface area contributed by atoms with Crippen molar-refractivity contribution in [2.24, 2.45) is 0 Å². The topological polar surface area (TPSA) is 47.6 Å². The molecule has 0 bridgehead atoms. The summed E-state index contributed by atoms with van der Waals surface area (Å²) in [4.78, 5) is 11.3. The standard InChI is InChI=1S/C12H17NO3/c1-2-15-10-6-9-13-12(14)16-11-7-4-3-5-8-11/h3-5,7-8H,2,6,9-10H2,1H3,(H,13,14). The van der Waals surface area contributed by atoms with Gasteiger partial charge in [0.05, 0.1) is 0 Å². The van der Waals surface area contributed by atoms with Gasteiger partial charge in [-0.2, -0.15) is 0 Å². The second-order valence-corrected chi connectivity index (χ2v) is 3.18. The molecule has 0 spiro atoms. The molecule has 0 unspecified atom stereocenters. The third-order valence-corrected chi connectivity index (χ3v) is 1.89. The summed E-state index contributed by atoms with van der Waals surface area (Å²) in [5.41, 5.74) is 0. The van der Waals surface area contributed by atoms with E-state index < -0.39 is 6.09 Å². The van der Waals surface area contributed by atoms with Crippen molar-refractivity contribution < 1.29 is 14.3 Å². The number of ether oxygens (including phenoxy) is 2. The number of hydrogen-bond donors (Lipinski definition) is 1. The van der Waals surface area contributed by atoms with Crippen molar-refractivity contribution in [2.75, 3.05) is 19.8 Å². The molecule has 0 aromatic heterocycles. The fourth-order valence-corrected chi connectivity index (χ4v) is 1.14. The Morgan fingerprint density at radius 1 is 1.31 bits per heavy atom. The minimum Gasteiger partial charge on any atom is -0.410 e. The number of nitrogens with one attached hydrogen (secondary N) is 1. The molecule has 0 saturated heterocycles. The van der Waals surface area contributed by atoms with E-state index in [4.69, 9.17) is 9.47 Å². The van der Waals surface area contributed by atoms with E-state index in [-0.39, 0.29) is 0 Å². The number of carbonyl (C=O) groups is 1. The van der Waals surface area contributed by atoms with Crippen LogP contribution in [-0.4, -0.2) is 25.9 Å². The van der Waals surface area contributed by atoms with Gasteiger partial charge < -0.3 is 14.8 Å². The lowest BCUT2D eigenvalue weighted by Gasteiger charge is -2.06. The normalized spacial score (nSPS) is 9.81. The van der Waals surface area contributed by atoms with Gasteiger partial charge in [0.25, 0.3) is 0 Å². The van der Waals surface area contributed by atoms with Gasteiger partial charge in [0.15, 0.2) is 0 Å². The van der Waals surface area contributed by atoms with Crippen molar-refractivity contribution >= 4 is 6.09 Å². The molecule has 0 saturated carbocycles. The number of hydrogen-bond acceptors (Lipinski definition) is 3. The Morgan fingerprint density at radius 2 is 2.06 bits per heavy atom. The molecule has 1 N–H and O–H groups in total. The van der Waals surface area contributed by atoms with Gasteiger partial charge in [0.2, 0.25) is 0 Å². The van der Waals surface area contributed by atoms with Crippen LogP contribution in [0.2, 0.25) is 0 Å². The molecule has 16 heavy (non-hydrogen) atoms. The first-order valence-corrected chi connectivity index (χ1v) is 5.41. The molecule has 4 heteroatoms. The quantitative estimate of drug-likeness (QED) is 0.752. The molecule has 0 fully saturated rings. The van der Waals surface area contributed by atoms with Crippen molar-refractivity contribution in [3.63, 3.8) is 0 Å². The van der Waals surface area contributed by atoms with Crippen LogP contribution in [0.1, 0.15) is 13.3 Å². The SMILES string of the molecule is CCOCCCNC(=O)Oc1ccccc1. The molecular formula is C12H17NO3. The van der Waals surface area contributed by atoms with Crippen LogP contribution in [0.3, 0.4) is 0 Å². The van der Waals surface area contributed by atoms with Crippen molar-refractivity contribution in [3.05, 3.63) is 30.3 Å². The van der Waals surface area contributed by atoms with E-state index >= 15 is 0 Å². The fourth-order valence-electron chi connectivity index (χ4n) is 1.14. The van der Waals surface area contributed by atoms with Gasteiger partial charge in [-0.15, -0.1) is 0 Å². The summed E-state index contributed by atoms with van der Waals surface area (Å²) >= 11 is 0. The minimum atomic E-state index is -0.428. The van der Waals surface area contributed by atoms with E-state index in [1.165, 1.54) is 0 Å². The maximum Gasteiger partial charge on any atom is 0.412 e. The molecule has 0 aliphatic heterocycles. The van der Waals surface area contributed by atoms with Gasteiger partial charge in [-0.3, -0.25) is 0 Å². The zero-order valence-electron chi connectivity index (χ0n) is 9.44. The molecule has 88 valence electrons. The average Bonchev–Trinajstić information content (AvgIpc) is 2.30. The van der Waals surface area contributed by atoms with Crippen LogP contribution >= 0.6 is 0 Å². The average molecular weight is 223 g/mol. The van der Waals surface area contributed by atoms with E-state index in [1.807, 2.05) is 25.1 Å². The first-order chi connectivity index (χ1) is 7.83. The van der Waals surface area contributed by atoms with Crippen LogP contribution in [0.15, 0.2) is 30.3 Å². The van der Waals surface area contributed by atoms with Crippen LogP contribution in [0.25, 0.3) is 0 Å². The lowest BCUT2D eigenvalue weighted by atomic mass is 10.3. The van der Waals surface area contributed by atoms with Crippen LogP contribution in [-0.2, 0) is 4.74 Å². The molecule has 0 atom stereocenters. The third kappa shape index (κ3) is 5.36. The van der Waals surface area contributed by atoms with Crippen molar-refractivity contribution in [2.45, 2.75) is 13.3 Å². The van der Waals surface area contributed by atoms with Crippen molar-refractivity contribution in [3.8, 4) is 5.75 Å². The number of carbonyl (C=O) groups excluding carboxylic acids is 1. The van der Waals surface area contributed by atoms with Crippen molar-refractivity contribution in [1.29, 1.82) is 0 Å². The molecule has 1 rings (SSSR count). The zero-order valence-corrected chi connectivity index (χ0v) is 9.44. The number of para-hydroxylation sites is 1. The maximum atomic E-state index is 11.3. The van der Waals surface area contributed by atoms with Gasteiger partial charge >= 0.3 is 6.09 Å². The summed E-state index contributed by atoms with van der Waals surface area (Å²) in [5.74, 6) is 0.546. The Labute approximate surface area is 95.6 Å². The molecule has 1 aromatic rings. The molecule has 4 nitrogen and oxygen atoms in total. The van der Waals surface area contributed by atoms with E-state index in [9.17, 15) is 4.79 Å². The highest BCUT2D eigenvalue weighted by atomic mass is 16.6. The summed E-state index contributed by atoms with van der Waals surface area (Å²) in [7, 11) is 0. The lowest BCUT2D eigenvalue weighted by Crippen LogP contribution is -2.28. The maximum absolute atomic E-state index is 11.3. The van der Waals surface area contributed by atoms with Crippen LogP contribution < -0.4 is 10.1 Å². The summed E-state index contributed by atoms with van der Waals surface area (Å²) in [6.45, 7) is 3.86. The van der Waals surface area contributed by atoms with E-state index in [0.29, 0.717) is 25.5 Å². The fraction of sp³-hybridized carbons (Fsp3) is 0.417. The Morgan fingerprint density at radius 3 is 2.75 bits per heavy atom. The lowest BCUT2D eigenvalue weighted by molar-refractivity contribution is 0.144. The zero-order chi connectivity index (χ0) is 11.6. The Hall–Kier alpha value is -1.55. The van der Waals surface area contributed by atoms with Crippen molar-refractivity contribution in [1.82, 2.24) is 5.32 Å². The first kappa shape index (κ1) is 12.5. The van der Waals surface area contributed by atoms with E-state index in [2.05, 4.69) is 5.32 Å². The Bertz CT molecular complexity index is 300. The largest absolute Gasteiger partial charge is 0.412 e.